The van der Waals surface area contributed by atoms with E-state index in [-0.39, 0.29) is 36.3 Å². The van der Waals surface area contributed by atoms with Gasteiger partial charge in [0.1, 0.15) is 16.1 Å². The van der Waals surface area contributed by atoms with Gasteiger partial charge in [-0.15, -0.1) is 0 Å². The third-order valence-corrected chi connectivity index (χ3v) is 8.99. The number of hydrogen-bond acceptors (Lipinski definition) is 7. The van der Waals surface area contributed by atoms with Crippen molar-refractivity contribution in [2.75, 3.05) is 32.8 Å². The number of nitrogens with zero attached hydrogens (tertiary/aromatic N) is 4. The first-order chi connectivity index (χ1) is 16.6. The molecule has 1 aromatic heterocycles. The van der Waals surface area contributed by atoms with Gasteiger partial charge in [-0.05, 0) is 37.1 Å². The summed E-state index contributed by atoms with van der Waals surface area (Å²) < 4.78 is 32.6. The maximum Gasteiger partial charge on any atom is 0.326 e. The maximum atomic E-state index is 13.5. The van der Waals surface area contributed by atoms with Gasteiger partial charge < -0.3 is 9.84 Å². The fourth-order valence-electron chi connectivity index (χ4n) is 4.95. The van der Waals surface area contributed by atoms with Crippen molar-refractivity contribution < 1.29 is 22.5 Å². The van der Waals surface area contributed by atoms with Crippen LogP contribution in [0.5, 0.6) is 0 Å². The van der Waals surface area contributed by atoms with Crippen molar-refractivity contribution in [2.45, 2.75) is 31.2 Å². The van der Waals surface area contributed by atoms with Gasteiger partial charge in [-0.2, -0.15) is 4.31 Å². The van der Waals surface area contributed by atoms with Gasteiger partial charge in [0.05, 0.1) is 6.67 Å². The van der Waals surface area contributed by atoms with E-state index in [1.807, 2.05) is 47.4 Å². The minimum atomic E-state index is -3.74. The van der Waals surface area contributed by atoms with Crippen LogP contribution in [0.15, 0.2) is 51.9 Å². The first-order valence-corrected chi connectivity index (χ1v) is 12.8. The quantitative estimate of drug-likeness (QED) is 0.537. The summed E-state index contributed by atoms with van der Waals surface area (Å²) in [6.45, 7) is 6.22. The SMILES string of the molecule is Cc1noc(C)c1S(=O)(=O)N1CCN(CN2C(=O)NC(C)(c3cccc4ccccc34)C2=O)CC1. The number of urea groups is 1. The van der Waals surface area contributed by atoms with Crippen molar-refractivity contribution in [3.63, 3.8) is 0 Å². The number of imide groups is 1. The Balaban J connectivity index is 1.30. The van der Waals surface area contributed by atoms with E-state index in [2.05, 4.69) is 10.5 Å². The van der Waals surface area contributed by atoms with Gasteiger partial charge in [-0.3, -0.25) is 9.69 Å². The average Bonchev–Trinajstić information content (AvgIpc) is 3.30. The summed E-state index contributed by atoms with van der Waals surface area (Å²) >= 11 is 0. The van der Waals surface area contributed by atoms with E-state index in [4.69, 9.17) is 4.52 Å². The summed E-state index contributed by atoms with van der Waals surface area (Å²) in [6, 6.07) is 13.0. The lowest BCUT2D eigenvalue weighted by Gasteiger charge is -2.35. The molecule has 3 heterocycles. The van der Waals surface area contributed by atoms with Crippen LogP contribution in [0.2, 0.25) is 0 Å². The van der Waals surface area contributed by atoms with E-state index in [0.717, 1.165) is 16.3 Å². The average molecular weight is 498 g/mol. The molecule has 0 saturated carbocycles. The number of amides is 3. The normalized spacial score (nSPS) is 22.2. The van der Waals surface area contributed by atoms with Crippen LogP contribution in [0.4, 0.5) is 4.79 Å². The summed E-state index contributed by atoms with van der Waals surface area (Å²) in [5, 5.41) is 8.53. The van der Waals surface area contributed by atoms with Gasteiger partial charge in [0.2, 0.25) is 10.0 Å². The van der Waals surface area contributed by atoms with Gasteiger partial charge in [0.25, 0.3) is 5.91 Å². The molecule has 184 valence electrons. The lowest BCUT2D eigenvalue weighted by Crippen LogP contribution is -2.52. The molecule has 2 fully saturated rings. The Kier molecular flexibility index (Phi) is 5.65. The van der Waals surface area contributed by atoms with Crippen molar-refractivity contribution in [2.24, 2.45) is 0 Å². The van der Waals surface area contributed by atoms with Crippen LogP contribution >= 0.6 is 0 Å². The van der Waals surface area contributed by atoms with E-state index in [0.29, 0.717) is 18.8 Å². The van der Waals surface area contributed by atoms with Gasteiger partial charge in [0.15, 0.2) is 5.76 Å². The number of carbonyl (C=O) groups is 2. The first-order valence-electron chi connectivity index (χ1n) is 11.4. The maximum absolute atomic E-state index is 13.5. The molecule has 3 amide bonds. The van der Waals surface area contributed by atoms with Crippen LogP contribution in [-0.4, -0.2) is 72.5 Å². The number of fused-ring (bicyclic) bond motifs is 1. The van der Waals surface area contributed by atoms with Gasteiger partial charge in [-0.1, -0.05) is 47.6 Å². The summed E-state index contributed by atoms with van der Waals surface area (Å²) in [4.78, 5) is 29.6. The molecule has 0 bridgehead atoms. The van der Waals surface area contributed by atoms with Crippen LogP contribution < -0.4 is 5.32 Å². The molecule has 2 aliphatic heterocycles. The summed E-state index contributed by atoms with van der Waals surface area (Å²) in [5.41, 5.74) is -0.115. The number of aryl methyl sites for hydroxylation is 2. The van der Waals surface area contributed by atoms with Crippen molar-refractivity contribution >= 4 is 32.7 Å². The van der Waals surface area contributed by atoms with Crippen LogP contribution in [0.3, 0.4) is 0 Å². The predicted molar refractivity (Wildman–Crippen MR) is 128 cm³/mol. The van der Waals surface area contributed by atoms with Gasteiger partial charge in [-0.25, -0.2) is 18.1 Å². The standard InChI is InChI=1S/C24H27N5O5S/c1-16-21(17(2)34-26-16)35(32,33)28-13-11-27(12-14-28)15-29-22(30)24(3,25-23(29)31)20-10-6-8-18-7-4-5-9-19(18)20/h4-10H,11-15H2,1-3H3,(H,25,31). The number of benzene rings is 2. The van der Waals surface area contributed by atoms with E-state index in [1.54, 1.807) is 20.8 Å². The Morgan fingerprint density at radius 1 is 1.03 bits per heavy atom. The highest BCUT2D eigenvalue weighted by molar-refractivity contribution is 7.89. The molecule has 2 aliphatic rings. The topological polar surface area (TPSA) is 116 Å². The third-order valence-electron chi connectivity index (χ3n) is 6.84. The van der Waals surface area contributed by atoms with Crippen LogP contribution in [-0.2, 0) is 20.4 Å². The number of sulfonamides is 1. The number of rotatable bonds is 5. The van der Waals surface area contributed by atoms with E-state index in [1.165, 1.54) is 9.21 Å². The highest BCUT2D eigenvalue weighted by Crippen LogP contribution is 2.34. The molecule has 11 heteroatoms. The number of carbonyl (C=O) groups excluding carboxylic acids is 2. The Morgan fingerprint density at radius 3 is 2.40 bits per heavy atom. The van der Waals surface area contributed by atoms with E-state index in [9.17, 15) is 18.0 Å². The molecule has 5 rings (SSSR count). The lowest BCUT2D eigenvalue weighted by atomic mass is 9.88. The first kappa shape index (κ1) is 23.5. The molecule has 2 aromatic carbocycles. The molecule has 1 unspecified atom stereocenters. The number of aromatic nitrogens is 1. The second-order valence-electron chi connectivity index (χ2n) is 9.13. The van der Waals surface area contributed by atoms with Gasteiger partial charge >= 0.3 is 6.03 Å². The molecule has 0 spiro atoms. The number of nitrogens with one attached hydrogen (secondary N) is 1. The molecule has 3 aromatic rings. The van der Waals surface area contributed by atoms with Crippen LogP contribution in [0.1, 0.15) is 23.9 Å². The van der Waals surface area contributed by atoms with Crippen molar-refractivity contribution in [1.29, 1.82) is 0 Å². The smallest absolute Gasteiger partial charge is 0.326 e. The Hall–Kier alpha value is -3.28. The molecular weight excluding hydrogens is 470 g/mol. The molecule has 1 N–H and O–H groups in total. The number of hydrogen-bond donors (Lipinski definition) is 1. The summed E-state index contributed by atoms with van der Waals surface area (Å²) in [6.07, 6.45) is 0. The minimum Gasteiger partial charge on any atom is -0.360 e. The molecular formula is C24H27N5O5S. The van der Waals surface area contributed by atoms with Crippen molar-refractivity contribution in [3.8, 4) is 0 Å². The second kappa shape index (κ2) is 8.43. The van der Waals surface area contributed by atoms with Gasteiger partial charge in [0, 0.05) is 26.2 Å². The fourth-order valence-corrected chi connectivity index (χ4v) is 6.67. The largest absolute Gasteiger partial charge is 0.360 e. The van der Waals surface area contributed by atoms with Crippen molar-refractivity contribution in [3.05, 3.63) is 59.5 Å². The van der Waals surface area contributed by atoms with E-state index >= 15 is 0 Å². The van der Waals surface area contributed by atoms with Crippen LogP contribution in [0.25, 0.3) is 10.8 Å². The summed E-state index contributed by atoms with van der Waals surface area (Å²) in [5.74, 6) is -0.0680. The predicted octanol–water partition coefficient (Wildman–Crippen LogP) is 2.18. The molecule has 0 radical (unpaired) electrons. The zero-order valence-corrected chi connectivity index (χ0v) is 20.6. The zero-order chi connectivity index (χ0) is 25.0. The minimum absolute atomic E-state index is 0.0875. The lowest BCUT2D eigenvalue weighted by molar-refractivity contribution is -0.132. The Bertz CT molecular complexity index is 1400. The van der Waals surface area contributed by atoms with E-state index < -0.39 is 21.6 Å². The van der Waals surface area contributed by atoms with Crippen molar-refractivity contribution in [1.82, 2.24) is 24.6 Å². The second-order valence-corrected chi connectivity index (χ2v) is 11.0. The Morgan fingerprint density at radius 2 is 1.71 bits per heavy atom. The van der Waals surface area contributed by atoms with Crippen LogP contribution in [0, 0.1) is 13.8 Å². The fraction of sp³-hybridized carbons (Fsp3) is 0.375. The number of piperazine rings is 1. The highest BCUT2D eigenvalue weighted by atomic mass is 32.2. The molecule has 1 atom stereocenters. The molecule has 2 saturated heterocycles. The Labute approximate surface area is 203 Å². The third kappa shape index (κ3) is 3.79. The monoisotopic (exact) mass is 497 g/mol. The zero-order valence-electron chi connectivity index (χ0n) is 19.8. The highest BCUT2D eigenvalue weighted by Gasteiger charge is 2.50. The molecule has 10 nitrogen and oxygen atoms in total. The molecule has 0 aliphatic carbocycles. The molecule has 35 heavy (non-hydrogen) atoms. The summed E-state index contributed by atoms with van der Waals surface area (Å²) in [7, 11) is -3.74.